The van der Waals surface area contributed by atoms with E-state index in [4.69, 9.17) is 4.74 Å². The molecule has 0 bridgehead atoms. The van der Waals surface area contributed by atoms with Gasteiger partial charge in [0.1, 0.15) is 0 Å². The molecule has 2 unspecified atom stereocenters. The number of hydrogen-bond donors (Lipinski definition) is 2. The van der Waals surface area contributed by atoms with Crippen molar-refractivity contribution in [1.29, 1.82) is 0 Å². The molecule has 3 nitrogen and oxygen atoms in total. The van der Waals surface area contributed by atoms with E-state index in [9.17, 15) is 5.11 Å². The summed E-state index contributed by atoms with van der Waals surface area (Å²) in [6.07, 6.45) is 0.543. The Balaban J connectivity index is 2.50. The van der Waals surface area contributed by atoms with Crippen LogP contribution in [0.5, 0.6) is 0 Å². The highest BCUT2D eigenvalue weighted by atomic mass is 16.5. The van der Waals surface area contributed by atoms with Crippen LogP contribution in [0.15, 0.2) is 24.3 Å². The van der Waals surface area contributed by atoms with E-state index in [1.807, 2.05) is 0 Å². The topological polar surface area (TPSA) is 41.5 Å². The van der Waals surface area contributed by atoms with Gasteiger partial charge in [0.15, 0.2) is 0 Å². The first-order valence-corrected chi connectivity index (χ1v) is 6.99. The smallest absolute Gasteiger partial charge is 0.0897 e. The van der Waals surface area contributed by atoms with Gasteiger partial charge < -0.3 is 15.2 Å². The number of ether oxygens (including phenoxy) is 1. The van der Waals surface area contributed by atoms with E-state index < -0.39 is 6.10 Å². The maximum absolute atomic E-state index is 9.69. The Labute approximate surface area is 117 Å². The van der Waals surface area contributed by atoms with E-state index in [0.29, 0.717) is 25.1 Å². The number of methoxy groups -OCH3 is 1. The molecule has 19 heavy (non-hydrogen) atoms. The first-order chi connectivity index (χ1) is 9.02. The quantitative estimate of drug-likeness (QED) is 0.757. The summed E-state index contributed by atoms with van der Waals surface area (Å²) in [6.45, 7) is 7.46. The second-order valence-electron chi connectivity index (χ2n) is 5.56. The Bertz CT molecular complexity index is 348. The number of benzene rings is 1. The fraction of sp³-hybridized carbons (Fsp3) is 0.625. The molecule has 0 saturated heterocycles. The van der Waals surface area contributed by atoms with Crippen molar-refractivity contribution >= 4 is 0 Å². The predicted molar refractivity (Wildman–Crippen MR) is 79.4 cm³/mol. The van der Waals surface area contributed by atoms with Gasteiger partial charge in [0, 0.05) is 19.7 Å². The predicted octanol–water partition coefficient (Wildman–Crippen LogP) is 2.16. The average molecular weight is 265 g/mol. The van der Waals surface area contributed by atoms with Gasteiger partial charge in [-0.1, -0.05) is 43.7 Å². The normalized spacial score (nSPS) is 14.6. The van der Waals surface area contributed by atoms with E-state index in [1.54, 1.807) is 7.11 Å². The monoisotopic (exact) mass is 265 g/mol. The minimum atomic E-state index is -0.440. The van der Waals surface area contributed by atoms with Crippen LogP contribution in [0.2, 0.25) is 0 Å². The van der Waals surface area contributed by atoms with Gasteiger partial charge in [-0.15, -0.1) is 0 Å². The van der Waals surface area contributed by atoms with E-state index in [-0.39, 0.29) is 0 Å². The standard InChI is InChI=1S/C16H27NO2/c1-12(2)16(17-10-15(18)11-19-4)9-14-7-5-13(3)6-8-14/h5-8,12,15-18H,9-11H2,1-4H3. The zero-order valence-electron chi connectivity index (χ0n) is 12.5. The molecule has 0 fully saturated rings. The number of aryl methyl sites for hydroxylation is 1. The third-order valence-electron chi connectivity index (χ3n) is 3.36. The van der Waals surface area contributed by atoms with Crippen LogP contribution in [0, 0.1) is 12.8 Å². The number of aliphatic hydroxyl groups excluding tert-OH is 1. The molecule has 1 rings (SSSR count). The minimum absolute atomic E-state index is 0.370. The molecule has 2 N–H and O–H groups in total. The molecule has 0 radical (unpaired) electrons. The van der Waals surface area contributed by atoms with Crippen LogP contribution >= 0.6 is 0 Å². The van der Waals surface area contributed by atoms with E-state index >= 15 is 0 Å². The molecule has 0 aliphatic rings. The highest BCUT2D eigenvalue weighted by molar-refractivity contribution is 5.22. The van der Waals surface area contributed by atoms with Crippen molar-refractivity contribution in [1.82, 2.24) is 5.32 Å². The van der Waals surface area contributed by atoms with E-state index in [0.717, 1.165) is 6.42 Å². The Hall–Kier alpha value is -0.900. The van der Waals surface area contributed by atoms with Gasteiger partial charge in [0.2, 0.25) is 0 Å². The van der Waals surface area contributed by atoms with Gasteiger partial charge in [-0.25, -0.2) is 0 Å². The van der Waals surface area contributed by atoms with Crippen molar-refractivity contribution in [2.24, 2.45) is 5.92 Å². The number of aliphatic hydroxyl groups is 1. The van der Waals surface area contributed by atoms with Gasteiger partial charge in [-0.3, -0.25) is 0 Å². The maximum Gasteiger partial charge on any atom is 0.0897 e. The lowest BCUT2D eigenvalue weighted by atomic mass is 9.96. The molecular weight excluding hydrogens is 238 g/mol. The second kappa shape index (κ2) is 8.31. The molecule has 3 heteroatoms. The molecular formula is C16H27NO2. The second-order valence-corrected chi connectivity index (χ2v) is 5.56. The van der Waals surface area contributed by atoms with Crippen LogP contribution in [0.1, 0.15) is 25.0 Å². The molecule has 0 aliphatic carbocycles. The van der Waals surface area contributed by atoms with Crippen molar-refractivity contribution in [3.8, 4) is 0 Å². The summed E-state index contributed by atoms with van der Waals surface area (Å²) in [5, 5.41) is 13.1. The summed E-state index contributed by atoms with van der Waals surface area (Å²) in [4.78, 5) is 0. The lowest BCUT2D eigenvalue weighted by Crippen LogP contribution is -2.41. The van der Waals surface area contributed by atoms with Gasteiger partial charge in [0.25, 0.3) is 0 Å². The first kappa shape index (κ1) is 16.2. The van der Waals surface area contributed by atoms with E-state index in [1.165, 1.54) is 11.1 Å². The molecule has 1 aromatic rings. The minimum Gasteiger partial charge on any atom is -0.389 e. The number of nitrogens with one attached hydrogen (secondary N) is 1. The van der Waals surface area contributed by atoms with Gasteiger partial charge >= 0.3 is 0 Å². The molecule has 0 aliphatic heterocycles. The van der Waals surface area contributed by atoms with Crippen molar-refractivity contribution in [2.75, 3.05) is 20.3 Å². The summed E-state index contributed by atoms with van der Waals surface area (Å²) in [5.41, 5.74) is 2.62. The lowest BCUT2D eigenvalue weighted by molar-refractivity contribution is 0.0615. The Morgan fingerprint density at radius 2 is 1.84 bits per heavy atom. The fourth-order valence-electron chi connectivity index (χ4n) is 2.06. The Kier molecular flexibility index (Phi) is 7.06. The largest absolute Gasteiger partial charge is 0.389 e. The van der Waals surface area contributed by atoms with Crippen LogP contribution in [-0.4, -0.2) is 37.5 Å². The lowest BCUT2D eigenvalue weighted by Gasteiger charge is -2.24. The zero-order chi connectivity index (χ0) is 14.3. The third kappa shape index (κ3) is 6.19. The van der Waals surface area contributed by atoms with Crippen LogP contribution in [0.3, 0.4) is 0 Å². The van der Waals surface area contributed by atoms with Crippen molar-refractivity contribution in [2.45, 2.75) is 39.3 Å². The van der Waals surface area contributed by atoms with Gasteiger partial charge in [-0.05, 0) is 24.8 Å². The van der Waals surface area contributed by atoms with Gasteiger partial charge in [0.05, 0.1) is 12.7 Å². The molecule has 2 atom stereocenters. The molecule has 1 aromatic carbocycles. The molecule has 108 valence electrons. The van der Waals surface area contributed by atoms with Crippen molar-refractivity contribution < 1.29 is 9.84 Å². The van der Waals surface area contributed by atoms with Crippen LogP contribution in [-0.2, 0) is 11.2 Å². The Morgan fingerprint density at radius 3 is 2.37 bits per heavy atom. The SMILES string of the molecule is COCC(O)CNC(Cc1ccc(C)cc1)C(C)C. The van der Waals surface area contributed by atoms with Crippen molar-refractivity contribution in [3.05, 3.63) is 35.4 Å². The molecule has 0 saturated carbocycles. The van der Waals surface area contributed by atoms with Crippen LogP contribution < -0.4 is 5.32 Å². The fourth-order valence-corrected chi connectivity index (χ4v) is 2.06. The number of hydrogen-bond acceptors (Lipinski definition) is 3. The molecule has 0 spiro atoms. The summed E-state index contributed by atoms with van der Waals surface area (Å²) in [7, 11) is 1.61. The average Bonchev–Trinajstić information content (AvgIpc) is 2.36. The molecule has 0 amide bonds. The van der Waals surface area contributed by atoms with Crippen molar-refractivity contribution in [3.63, 3.8) is 0 Å². The van der Waals surface area contributed by atoms with E-state index in [2.05, 4.69) is 50.4 Å². The first-order valence-electron chi connectivity index (χ1n) is 6.99. The highest BCUT2D eigenvalue weighted by Crippen LogP contribution is 2.11. The third-order valence-corrected chi connectivity index (χ3v) is 3.36. The Morgan fingerprint density at radius 1 is 1.21 bits per heavy atom. The summed E-state index contributed by atoms with van der Waals surface area (Å²) in [5.74, 6) is 0.524. The summed E-state index contributed by atoms with van der Waals surface area (Å²) < 4.78 is 4.94. The molecule has 0 aromatic heterocycles. The molecule has 0 heterocycles. The zero-order valence-corrected chi connectivity index (χ0v) is 12.5. The maximum atomic E-state index is 9.69. The summed E-state index contributed by atoms with van der Waals surface area (Å²) in [6, 6.07) is 9.02. The van der Waals surface area contributed by atoms with Gasteiger partial charge in [-0.2, -0.15) is 0 Å². The number of rotatable bonds is 8. The van der Waals surface area contributed by atoms with Crippen LogP contribution in [0.25, 0.3) is 0 Å². The van der Waals surface area contributed by atoms with Crippen LogP contribution in [0.4, 0.5) is 0 Å². The summed E-state index contributed by atoms with van der Waals surface area (Å²) >= 11 is 0. The highest BCUT2D eigenvalue weighted by Gasteiger charge is 2.15.